The van der Waals surface area contributed by atoms with Crippen molar-refractivity contribution in [2.24, 2.45) is 0 Å². The van der Waals surface area contributed by atoms with Gasteiger partial charge in [0.05, 0.1) is 17.8 Å². The molecular formula is C9H11N3O2S. The molecule has 0 atom stereocenters. The first kappa shape index (κ1) is 10.2. The van der Waals surface area contributed by atoms with Crippen molar-refractivity contribution in [3.05, 3.63) is 17.0 Å². The molecule has 0 amide bonds. The highest BCUT2D eigenvalue weighted by Crippen LogP contribution is 2.25. The fraction of sp³-hybridized carbons (Fsp3) is 0.444. The van der Waals surface area contributed by atoms with Gasteiger partial charge in [-0.05, 0) is 17.7 Å². The minimum Gasteiger partial charge on any atom is -0.481 e. The van der Waals surface area contributed by atoms with Crippen LogP contribution in [-0.2, 0) is 23.4 Å². The van der Waals surface area contributed by atoms with E-state index in [2.05, 4.69) is 9.97 Å². The van der Waals surface area contributed by atoms with Crippen LogP contribution in [0.4, 0.5) is 5.95 Å². The highest BCUT2D eigenvalue weighted by Gasteiger charge is 2.18. The Labute approximate surface area is 91.1 Å². The number of nitrogens with two attached hydrogens (primary N) is 1. The number of anilines is 1. The zero-order chi connectivity index (χ0) is 10.8. The number of hydrogen-bond donors (Lipinski definition) is 2. The van der Waals surface area contributed by atoms with Gasteiger partial charge in [-0.2, -0.15) is 11.8 Å². The lowest BCUT2D eigenvalue weighted by atomic mass is 10.1. The minimum absolute atomic E-state index is 0.0697. The third-order valence-electron chi connectivity index (χ3n) is 2.25. The molecule has 1 aromatic rings. The first-order chi connectivity index (χ1) is 7.16. The van der Waals surface area contributed by atoms with Gasteiger partial charge in [0.1, 0.15) is 0 Å². The van der Waals surface area contributed by atoms with Crippen molar-refractivity contribution < 1.29 is 9.90 Å². The first-order valence-corrected chi connectivity index (χ1v) is 5.76. The molecule has 2 heterocycles. The summed E-state index contributed by atoms with van der Waals surface area (Å²) in [6, 6.07) is 0. The maximum absolute atomic E-state index is 10.7. The average Bonchev–Trinajstić information content (AvgIpc) is 2.16. The van der Waals surface area contributed by atoms with E-state index in [0.717, 1.165) is 29.2 Å². The van der Waals surface area contributed by atoms with E-state index in [1.54, 1.807) is 11.8 Å². The summed E-state index contributed by atoms with van der Waals surface area (Å²) in [6.07, 6.45) is 0.766. The molecule has 80 valence electrons. The molecule has 1 aliphatic rings. The Morgan fingerprint density at radius 2 is 2.33 bits per heavy atom. The second-order valence-corrected chi connectivity index (χ2v) is 4.43. The second-order valence-electron chi connectivity index (χ2n) is 3.33. The van der Waals surface area contributed by atoms with Crippen LogP contribution < -0.4 is 5.73 Å². The fourth-order valence-electron chi connectivity index (χ4n) is 1.64. The summed E-state index contributed by atoms with van der Waals surface area (Å²) in [5.74, 6) is 1.09. The average molecular weight is 225 g/mol. The maximum Gasteiger partial charge on any atom is 0.309 e. The Morgan fingerprint density at radius 3 is 3.07 bits per heavy atom. The number of nitrogens with zero attached hydrogens (tertiary/aromatic N) is 2. The Morgan fingerprint density at radius 1 is 1.53 bits per heavy atom. The molecule has 0 radical (unpaired) electrons. The van der Waals surface area contributed by atoms with Crippen LogP contribution in [0.25, 0.3) is 0 Å². The van der Waals surface area contributed by atoms with E-state index >= 15 is 0 Å². The van der Waals surface area contributed by atoms with Gasteiger partial charge in [0.2, 0.25) is 5.95 Å². The maximum atomic E-state index is 10.7. The van der Waals surface area contributed by atoms with Gasteiger partial charge in [-0.1, -0.05) is 0 Å². The van der Waals surface area contributed by atoms with Gasteiger partial charge in [0.15, 0.2) is 0 Å². The van der Waals surface area contributed by atoms with Gasteiger partial charge < -0.3 is 10.8 Å². The largest absolute Gasteiger partial charge is 0.481 e. The van der Waals surface area contributed by atoms with Crippen LogP contribution in [0.15, 0.2) is 0 Å². The van der Waals surface area contributed by atoms with E-state index in [1.165, 1.54) is 0 Å². The quantitative estimate of drug-likeness (QED) is 0.760. The monoisotopic (exact) mass is 225 g/mol. The molecule has 0 aliphatic carbocycles. The van der Waals surface area contributed by atoms with Crippen LogP contribution in [0.1, 0.15) is 17.0 Å². The summed E-state index contributed by atoms with van der Waals surface area (Å²) < 4.78 is 0. The Balaban J connectivity index is 2.43. The van der Waals surface area contributed by atoms with Crippen molar-refractivity contribution in [1.29, 1.82) is 0 Å². The number of hydrogen-bond acceptors (Lipinski definition) is 5. The van der Waals surface area contributed by atoms with Crippen molar-refractivity contribution >= 4 is 23.7 Å². The van der Waals surface area contributed by atoms with Crippen LogP contribution in [0.2, 0.25) is 0 Å². The number of rotatable bonds is 2. The van der Waals surface area contributed by atoms with Crippen molar-refractivity contribution in [1.82, 2.24) is 9.97 Å². The zero-order valence-corrected chi connectivity index (χ0v) is 8.88. The number of carboxylic acid groups (broad SMARTS) is 1. The lowest BCUT2D eigenvalue weighted by Crippen LogP contribution is -2.15. The van der Waals surface area contributed by atoms with Gasteiger partial charge in [-0.15, -0.1) is 0 Å². The Hall–Kier alpha value is -1.30. The number of carbonyl (C=O) groups is 1. The number of nitrogen functional groups attached to an aromatic ring is 1. The highest BCUT2D eigenvalue weighted by atomic mass is 32.2. The van der Waals surface area contributed by atoms with Crippen LogP contribution in [0.3, 0.4) is 0 Å². The number of aliphatic carboxylic acids is 1. The molecule has 2 rings (SSSR count). The number of thioether (sulfide) groups is 1. The van der Waals surface area contributed by atoms with Crippen LogP contribution in [0.5, 0.6) is 0 Å². The lowest BCUT2D eigenvalue weighted by molar-refractivity contribution is -0.136. The molecule has 0 aromatic carbocycles. The zero-order valence-electron chi connectivity index (χ0n) is 8.06. The predicted molar refractivity (Wildman–Crippen MR) is 57.7 cm³/mol. The van der Waals surface area contributed by atoms with Gasteiger partial charge >= 0.3 is 5.97 Å². The van der Waals surface area contributed by atoms with Gasteiger partial charge in [0, 0.05) is 5.75 Å². The normalized spacial score (nSPS) is 14.7. The molecule has 0 saturated heterocycles. The molecule has 0 fully saturated rings. The molecule has 3 N–H and O–H groups in total. The third-order valence-corrected chi connectivity index (χ3v) is 3.22. The molecule has 1 aromatic heterocycles. The summed E-state index contributed by atoms with van der Waals surface area (Å²) in [4.78, 5) is 18.8. The van der Waals surface area contributed by atoms with Gasteiger partial charge in [0.25, 0.3) is 0 Å². The summed E-state index contributed by atoms with van der Waals surface area (Å²) in [5.41, 5.74) is 7.98. The highest BCUT2D eigenvalue weighted by molar-refractivity contribution is 7.98. The molecule has 1 aliphatic heterocycles. The van der Waals surface area contributed by atoms with E-state index in [1.807, 2.05) is 0 Å². The Kier molecular flexibility index (Phi) is 2.77. The molecule has 0 saturated carbocycles. The predicted octanol–water partition coefficient (Wildman–Crippen LogP) is 0.475. The topological polar surface area (TPSA) is 89.1 Å². The van der Waals surface area contributed by atoms with E-state index in [4.69, 9.17) is 10.8 Å². The summed E-state index contributed by atoms with van der Waals surface area (Å²) in [5, 5.41) is 8.75. The van der Waals surface area contributed by atoms with Gasteiger partial charge in [-0.25, -0.2) is 9.97 Å². The molecular weight excluding hydrogens is 214 g/mol. The summed E-state index contributed by atoms with van der Waals surface area (Å²) >= 11 is 1.78. The molecule has 0 spiro atoms. The van der Waals surface area contributed by atoms with E-state index < -0.39 is 5.97 Å². The molecule has 0 unspecified atom stereocenters. The van der Waals surface area contributed by atoms with Crippen LogP contribution in [-0.4, -0.2) is 26.8 Å². The number of carboxylic acids is 1. The van der Waals surface area contributed by atoms with Crippen molar-refractivity contribution in [2.45, 2.75) is 18.6 Å². The Bertz CT molecular complexity index is 409. The van der Waals surface area contributed by atoms with E-state index in [-0.39, 0.29) is 12.4 Å². The second kappa shape index (κ2) is 4.06. The third kappa shape index (κ3) is 2.20. The van der Waals surface area contributed by atoms with Gasteiger partial charge in [-0.3, -0.25) is 4.79 Å². The number of fused-ring (bicyclic) bond motifs is 1. The van der Waals surface area contributed by atoms with E-state index in [9.17, 15) is 4.79 Å². The summed E-state index contributed by atoms with van der Waals surface area (Å²) in [6.45, 7) is 0. The van der Waals surface area contributed by atoms with Crippen molar-refractivity contribution in [3.63, 3.8) is 0 Å². The summed E-state index contributed by atoms with van der Waals surface area (Å²) in [7, 11) is 0. The molecule has 5 nitrogen and oxygen atoms in total. The van der Waals surface area contributed by atoms with Crippen molar-refractivity contribution in [2.75, 3.05) is 11.5 Å². The van der Waals surface area contributed by atoms with E-state index in [0.29, 0.717) is 5.69 Å². The molecule has 6 heteroatoms. The molecule has 0 bridgehead atoms. The van der Waals surface area contributed by atoms with Crippen LogP contribution in [0, 0.1) is 0 Å². The van der Waals surface area contributed by atoms with Crippen LogP contribution >= 0.6 is 11.8 Å². The lowest BCUT2D eigenvalue weighted by Gasteiger charge is -2.17. The SMILES string of the molecule is Nc1nc2c(c(CC(=O)O)n1)CCSC2. The molecule has 15 heavy (non-hydrogen) atoms. The standard InChI is InChI=1S/C9H11N3O2S/c10-9-11-6(3-8(13)14)5-1-2-15-4-7(5)12-9/h1-4H2,(H,13,14)(H2,10,11,12). The minimum atomic E-state index is -0.881. The first-order valence-electron chi connectivity index (χ1n) is 4.60. The smallest absolute Gasteiger partial charge is 0.309 e. The van der Waals surface area contributed by atoms with Crippen molar-refractivity contribution in [3.8, 4) is 0 Å². The number of aromatic nitrogens is 2. The fourth-order valence-corrected chi connectivity index (χ4v) is 2.57.